The first-order chi connectivity index (χ1) is 15.5. The van der Waals surface area contributed by atoms with E-state index in [9.17, 15) is 9.18 Å². The number of quaternary nitrogens is 1. The molecule has 0 saturated heterocycles. The Kier molecular flexibility index (Phi) is 5.15. The molecule has 0 fully saturated rings. The average Bonchev–Trinajstić information content (AvgIpc) is 2.81. The standard InChI is InChI=1S/C26H22FNO4/c1-16-25-19(14-28(15-31-25)13-18-5-3-4-6-23(18)27)11-22-21(12-24(29)32-26(16)22)17-7-9-20(30-2)10-8-17/h3-12H,13-15H2,1-2H3/p+1. The van der Waals surface area contributed by atoms with Crippen LogP contribution in [0.15, 0.2) is 69.9 Å². The van der Waals surface area contributed by atoms with Crippen LogP contribution < -0.4 is 20.0 Å². The topological polar surface area (TPSA) is 53.1 Å². The molecule has 1 aromatic heterocycles. The number of halogens is 1. The Balaban J connectivity index is 1.58. The Morgan fingerprint density at radius 2 is 1.88 bits per heavy atom. The Hall–Kier alpha value is -3.64. The second kappa shape index (κ2) is 8.13. The molecule has 1 aliphatic heterocycles. The molecule has 1 atom stereocenters. The van der Waals surface area contributed by atoms with Gasteiger partial charge in [-0.15, -0.1) is 0 Å². The van der Waals surface area contributed by atoms with E-state index in [0.717, 1.165) is 44.0 Å². The number of rotatable bonds is 4. The molecule has 3 aromatic carbocycles. The molecule has 6 heteroatoms. The second-order valence-corrected chi connectivity index (χ2v) is 8.06. The van der Waals surface area contributed by atoms with Crippen molar-refractivity contribution in [3.05, 3.63) is 93.6 Å². The Morgan fingerprint density at radius 3 is 2.62 bits per heavy atom. The summed E-state index contributed by atoms with van der Waals surface area (Å²) in [5, 5.41) is 0.849. The van der Waals surface area contributed by atoms with Crippen molar-refractivity contribution in [3.8, 4) is 22.6 Å². The number of fused-ring (bicyclic) bond motifs is 2. The smallest absolute Gasteiger partial charge is 0.336 e. The minimum atomic E-state index is -0.408. The summed E-state index contributed by atoms with van der Waals surface area (Å²) < 4.78 is 31.0. The third kappa shape index (κ3) is 3.63. The lowest BCUT2D eigenvalue weighted by atomic mass is 9.96. The van der Waals surface area contributed by atoms with Crippen molar-refractivity contribution >= 4 is 11.0 Å². The first-order valence-electron chi connectivity index (χ1n) is 10.5. The molecule has 32 heavy (non-hydrogen) atoms. The van der Waals surface area contributed by atoms with Crippen molar-refractivity contribution < 1.29 is 23.2 Å². The maximum Gasteiger partial charge on any atom is 0.336 e. The number of ether oxygens (including phenoxy) is 2. The minimum absolute atomic E-state index is 0.205. The maximum absolute atomic E-state index is 14.1. The van der Waals surface area contributed by atoms with E-state index in [2.05, 4.69) is 0 Å². The van der Waals surface area contributed by atoms with Gasteiger partial charge >= 0.3 is 5.63 Å². The normalized spacial score (nSPS) is 15.3. The van der Waals surface area contributed by atoms with Crippen molar-refractivity contribution in [2.45, 2.75) is 20.0 Å². The molecule has 162 valence electrons. The molecular weight excluding hydrogens is 409 g/mol. The van der Waals surface area contributed by atoms with E-state index in [1.54, 1.807) is 19.2 Å². The molecule has 5 rings (SSSR count). The number of methoxy groups -OCH3 is 1. The van der Waals surface area contributed by atoms with Gasteiger partial charge in [0.25, 0.3) is 0 Å². The van der Waals surface area contributed by atoms with Gasteiger partial charge in [-0.2, -0.15) is 0 Å². The van der Waals surface area contributed by atoms with Gasteiger partial charge in [-0.25, -0.2) is 9.18 Å². The van der Waals surface area contributed by atoms with Crippen LogP contribution in [0.2, 0.25) is 0 Å². The molecule has 2 heterocycles. The van der Waals surface area contributed by atoms with Gasteiger partial charge in [-0.05, 0) is 42.3 Å². The molecule has 5 nitrogen and oxygen atoms in total. The van der Waals surface area contributed by atoms with Crippen LogP contribution in [0.25, 0.3) is 22.1 Å². The van der Waals surface area contributed by atoms with Crippen LogP contribution in [0.5, 0.6) is 11.5 Å². The van der Waals surface area contributed by atoms with Gasteiger partial charge in [-0.1, -0.05) is 30.3 Å². The van der Waals surface area contributed by atoms with Crippen molar-refractivity contribution in [2.75, 3.05) is 13.8 Å². The lowest BCUT2D eigenvalue weighted by Gasteiger charge is -2.28. The van der Waals surface area contributed by atoms with Crippen molar-refractivity contribution in [1.82, 2.24) is 0 Å². The first-order valence-corrected chi connectivity index (χ1v) is 10.5. The van der Waals surface area contributed by atoms with Crippen molar-refractivity contribution in [3.63, 3.8) is 0 Å². The van der Waals surface area contributed by atoms with Crippen molar-refractivity contribution in [1.29, 1.82) is 0 Å². The summed E-state index contributed by atoms with van der Waals surface area (Å²) in [5.41, 5.74) is 4.29. The van der Waals surface area contributed by atoms with E-state index in [1.807, 2.05) is 43.3 Å². The second-order valence-electron chi connectivity index (χ2n) is 8.06. The largest absolute Gasteiger partial charge is 0.497 e. The highest BCUT2D eigenvalue weighted by molar-refractivity contribution is 5.96. The van der Waals surface area contributed by atoms with Crippen LogP contribution in [0, 0.1) is 12.7 Å². The van der Waals surface area contributed by atoms with Crippen molar-refractivity contribution in [2.24, 2.45) is 0 Å². The summed E-state index contributed by atoms with van der Waals surface area (Å²) >= 11 is 0. The molecule has 1 N–H and O–H groups in total. The Morgan fingerprint density at radius 1 is 1.09 bits per heavy atom. The fourth-order valence-electron chi connectivity index (χ4n) is 4.37. The third-order valence-electron chi connectivity index (χ3n) is 5.95. The summed E-state index contributed by atoms with van der Waals surface area (Å²) in [5.74, 6) is 1.28. The molecule has 0 bridgehead atoms. The molecule has 0 aliphatic carbocycles. The predicted molar refractivity (Wildman–Crippen MR) is 119 cm³/mol. The molecule has 0 amide bonds. The van der Waals surface area contributed by atoms with Crippen LogP contribution in [0.1, 0.15) is 16.7 Å². The summed E-state index contributed by atoms with van der Waals surface area (Å²) in [7, 11) is 1.62. The molecular formula is C26H23FNO4+. The van der Waals surface area contributed by atoms with Gasteiger partial charge in [0, 0.05) is 28.1 Å². The monoisotopic (exact) mass is 432 g/mol. The molecule has 1 aliphatic rings. The van der Waals surface area contributed by atoms with E-state index >= 15 is 0 Å². The Labute approximate surface area is 184 Å². The summed E-state index contributed by atoms with van der Waals surface area (Å²) in [6, 6.07) is 18.0. The van der Waals surface area contributed by atoms with Gasteiger partial charge < -0.3 is 13.9 Å². The van der Waals surface area contributed by atoms with Gasteiger partial charge in [0.1, 0.15) is 36.0 Å². The number of nitrogens with one attached hydrogen (secondary N) is 1. The fourth-order valence-corrected chi connectivity index (χ4v) is 4.37. The lowest BCUT2D eigenvalue weighted by molar-refractivity contribution is -0.945. The van der Waals surface area contributed by atoms with E-state index in [0.29, 0.717) is 31.0 Å². The van der Waals surface area contributed by atoms with Crippen LogP contribution in [0.4, 0.5) is 4.39 Å². The SMILES string of the molecule is COc1ccc(-c2cc(=O)oc3c(C)c4c(cc23)C[NH+](Cc2ccccc2F)CO4)cc1. The molecule has 0 saturated carbocycles. The first kappa shape index (κ1) is 20.3. The number of aryl methyl sites for hydroxylation is 1. The van der Waals surface area contributed by atoms with Crippen LogP contribution in [0.3, 0.4) is 0 Å². The quantitative estimate of drug-likeness (QED) is 0.498. The van der Waals surface area contributed by atoms with Gasteiger partial charge in [0.05, 0.1) is 7.11 Å². The van der Waals surface area contributed by atoms with Crippen LogP contribution in [-0.2, 0) is 13.1 Å². The highest BCUT2D eigenvalue weighted by Gasteiger charge is 2.26. The predicted octanol–water partition coefficient (Wildman–Crippen LogP) is 3.85. The third-order valence-corrected chi connectivity index (χ3v) is 5.95. The maximum atomic E-state index is 14.1. The zero-order chi connectivity index (χ0) is 22.2. The fraction of sp³-hybridized carbons (Fsp3) is 0.192. The summed E-state index contributed by atoms with van der Waals surface area (Å²) in [6.45, 7) is 3.53. The number of benzene rings is 3. The highest BCUT2D eigenvalue weighted by Crippen LogP contribution is 2.36. The zero-order valence-electron chi connectivity index (χ0n) is 17.9. The number of hydrogen-bond donors (Lipinski definition) is 1. The Bertz CT molecular complexity index is 1360. The van der Waals surface area contributed by atoms with E-state index in [1.165, 1.54) is 12.1 Å². The van der Waals surface area contributed by atoms with Gasteiger partial charge in [0.15, 0.2) is 0 Å². The van der Waals surface area contributed by atoms with E-state index < -0.39 is 5.63 Å². The summed E-state index contributed by atoms with van der Waals surface area (Å²) in [4.78, 5) is 13.4. The summed E-state index contributed by atoms with van der Waals surface area (Å²) in [6.07, 6.45) is 0. The molecule has 0 radical (unpaired) electrons. The number of hydrogen-bond acceptors (Lipinski definition) is 4. The van der Waals surface area contributed by atoms with E-state index in [-0.39, 0.29) is 5.82 Å². The van der Waals surface area contributed by atoms with Crippen LogP contribution >= 0.6 is 0 Å². The van der Waals surface area contributed by atoms with Crippen LogP contribution in [-0.4, -0.2) is 13.8 Å². The van der Waals surface area contributed by atoms with Gasteiger partial charge in [0.2, 0.25) is 6.73 Å². The average molecular weight is 432 g/mol. The van der Waals surface area contributed by atoms with E-state index in [4.69, 9.17) is 13.9 Å². The zero-order valence-corrected chi connectivity index (χ0v) is 17.9. The molecule has 0 spiro atoms. The minimum Gasteiger partial charge on any atom is -0.497 e. The highest BCUT2D eigenvalue weighted by atomic mass is 19.1. The molecule has 1 unspecified atom stereocenters. The van der Waals surface area contributed by atoms with Gasteiger partial charge in [-0.3, -0.25) is 4.90 Å². The molecule has 4 aromatic rings. The lowest BCUT2D eigenvalue weighted by Crippen LogP contribution is -3.11.